The maximum atomic E-state index is 10.2. The summed E-state index contributed by atoms with van der Waals surface area (Å²) < 4.78 is 12.5. The van der Waals surface area contributed by atoms with E-state index in [1.807, 2.05) is 36.0 Å². The van der Waals surface area contributed by atoms with Gasteiger partial charge >= 0.3 is 0 Å². The van der Waals surface area contributed by atoms with Crippen LogP contribution in [0.1, 0.15) is 11.7 Å². The van der Waals surface area contributed by atoms with Crippen molar-refractivity contribution in [1.29, 1.82) is 0 Å². The smallest absolute Gasteiger partial charge is 0.231 e. The van der Waals surface area contributed by atoms with Crippen LogP contribution in [0.3, 0.4) is 0 Å². The molecule has 0 saturated carbocycles. The molecule has 0 bridgehead atoms. The van der Waals surface area contributed by atoms with E-state index in [0.717, 1.165) is 16.5 Å². The van der Waals surface area contributed by atoms with Gasteiger partial charge in [0.2, 0.25) is 6.79 Å². The second kappa shape index (κ2) is 5.14. The van der Waals surface area contributed by atoms with E-state index in [9.17, 15) is 5.11 Å². The number of hydrogen-bond acceptors (Lipinski definition) is 5. The summed E-state index contributed by atoms with van der Waals surface area (Å²) in [6, 6.07) is 5.51. The van der Waals surface area contributed by atoms with E-state index in [1.165, 1.54) is 11.8 Å². The summed E-state index contributed by atoms with van der Waals surface area (Å²) in [5, 5.41) is 11.1. The monoisotopic (exact) mass is 278 g/mol. The van der Waals surface area contributed by atoms with Crippen molar-refractivity contribution >= 4 is 11.8 Å². The van der Waals surface area contributed by atoms with Gasteiger partial charge in [-0.3, -0.25) is 0 Å². The molecule has 0 spiro atoms. The molecule has 1 atom stereocenters. The van der Waals surface area contributed by atoms with E-state index >= 15 is 0 Å². The lowest BCUT2D eigenvalue weighted by molar-refractivity contribution is 0.173. The van der Waals surface area contributed by atoms with E-state index in [4.69, 9.17) is 9.47 Å². The maximum absolute atomic E-state index is 10.2. The number of thioether (sulfide) groups is 1. The number of aliphatic hydroxyl groups excluding tert-OH is 1. The highest BCUT2D eigenvalue weighted by atomic mass is 32.2. The topological polar surface area (TPSA) is 56.5 Å². The van der Waals surface area contributed by atoms with Crippen LogP contribution < -0.4 is 9.47 Å². The van der Waals surface area contributed by atoms with Gasteiger partial charge in [0.05, 0.1) is 6.10 Å². The third-order valence-electron chi connectivity index (χ3n) is 2.93. The highest BCUT2D eigenvalue weighted by molar-refractivity contribution is 7.99. The van der Waals surface area contributed by atoms with Gasteiger partial charge in [0.25, 0.3) is 0 Å². The molecule has 2 heterocycles. The molecule has 100 valence electrons. The van der Waals surface area contributed by atoms with Gasteiger partial charge in [-0.1, -0.05) is 17.8 Å². The van der Waals surface area contributed by atoms with Crippen molar-refractivity contribution in [3.05, 3.63) is 36.2 Å². The third kappa shape index (κ3) is 2.54. The van der Waals surface area contributed by atoms with Crippen molar-refractivity contribution < 1.29 is 14.6 Å². The predicted molar refractivity (Wildman–Crippen MR) is 71.5 cm³/mol. The van der Waals surface area contributed by atoms with Crippen molar-refractivity contribution in [2.45, 2.75) is 11.3 Å². The predicted octanol–water partition coefficient (Wildman–Crippen LogP) is 1.97. The zero-order valence-electron chi connectivity index (χ0n) is 10.4. The molecule has 0 aliphatic carbocycles. The number of imidazole rings is 1. The number of aliphatic hydroxyl groups is 1. The van der Waals surface area contributed by atoms with E-state index in [1.54, 1.807) is 6.20 Å². The number of aryl methyl sites for hydroxylation is 1. The van der Waals surface area contributed by atoms with Crippen molar-refractivity contribution in [2.24, 2.45) is 7.05 Å². The minimum Gasteiger partial charge on any atom is -0.454 e. The fourth-order valence-corrected chi connectivity index (χ4v) is 2.76. The second-order valence-corrected chi connectivity index (χ2v) is 5.25. The number of nitrogens with zero attached hydrogens (tertiary/aromatic N) is 2. The summed E-state index contributed by atoms with van der Waals surface area (Å²) in [5.41, 5.74) is 0.825. The number of fused-ring (bicyclic) bond motifs is 1. The molecule has 3 rings (SSSR count). The van der Waals surface area contributed by atoms with Crippen LogP contribution in [-0.2, 0) is 7.05 Å². The Balaban J connectivity index is 1.67. The molecule has 1 N–H and O–H groups in total. The average Bonchev–Trinajstić information content (AvgIpc) is 3.03. The maximum Gasteiger partial charge on any atom is 0.231 e. The normalized spacial score (nSPS) is 14.6. The van der Waals surface area contributed by atoms with Gasteiger partial charge in [0.1, 0.15) is 0 Å². The van der Waals surface area contributed by atoms with Crippen LogP contribution in [-0.4, -0.2) is 27.2 Å². The zero-order chi connectivity index (χ0) is 13.2. The lowest BCUT2D eigenvalue weighted by Gasteiger charge is -2.11. The van der Waals surface area contributed by atoms with E-state index < -0.39 is 6.10 Å². The lowest BCUT2D eigenvalue weighted by Crippen LogP contribution is -2.02. The Morgan fingerprint density at radius 3 is 3.05 bits per heavy atom. The van der Waals surface area contributed by atoms with Crippen molar-refractivity contribution in [3.63, 3.8) is 0 Å². The standard InChI is InChI=1S/C13H14N2O3S/c1-15-5-4-14-13(15)19-7-10(16)9-2-3-11-12(6-9)18-8-17-11/h2-6,10,16H,7-8H2,1H3/t10-/m0/s1. The number of rotatable bonds is 4. The Hall–Kier alpha value is -1.66. The second-order valence-electron chi connectivity index (χ2n) is 4.26. The van der Waals surface area contributed by atoms with Crippen LogP contribution in [0.15, 0.2) is 35.7 Å². The Morgan fingerprint density at radius 1 is 1.42 bits per heavy atom. The molecular formula is C13H14N2O3S. The molecule has 19 heavy (non-hydrogen) atoms. The zero-order valence-corrected chi connectivity index (χ0v) is 11.3. The number of aromatic nitrogens is 2. The third-order valence-corrected chi connectivity index (χ3v) is 4.06. The summed E-state index contributed by atoms with van der Waals surface area (Å²) >= 11 is 1.52. The first-order valence-corrected chi connectivity index (χ1v) is 6.90. The summed E-state index contributed by atoms with van der Waals surface area (Å²) in [6.07, 6.45) is 3.07. The van der Waals surface area contributed by atoms with Gasteiger partial charge in [-0.25, -0.2) is 4.98 Å². The largest absolute Gasteiger partial charge is 0.454 e. The molecular weight excluding hydrogens is 264 g/mol. The van der Waals surface area contributed by atoms with Crippen molar-refractivity contribution in [3.8, 4) is 11.5 Å². The lowest BCUT2D eigenvalue weighted by atomic mass is 10.1. The van der Waals surface area contributed by atoms with Crippen LogP contribution in [0.25, 0.3) is 0 Å². The molecule has 1 aromatic carbocycles. The fraction of sp³-hybridized carbons (Fsp3) is 0.308. The molecule has 2 aromatic rings. The van der Waals surface area contributed by atoms with Crippen LogP contribution in [0, 0.1) is 0 Å². The van der Waals surface area contributed by atoms with Crippen molar-refractivity contribution in [2.75, 3.05) is 12.5 Å². The Kier molecular flexibility index (Phi) is 3.35. The van der Waals surface area contributed by atoms with Crippen LogP contribution in [0.5, 0.6) is 11.5 Å². The highest BCUT2D eigenvalue weighted by Crippen LogP contribution is 2.35. The molecule has 6 heteroatoms. The molecule has 5 nitrogen and oxygen atoms in total. The first-order chi connectivity index (χ1) is 9.24. The van der Waals surface area contributed by atoms with Gasteiger partial charge in [-0.15, -0.1) is 0 Å². The van der Waals surface area contributed by atoms with Crippen LogP contribution in [0.4, 0.5) is 0 Å². The first kappa shape index (κ1) is 12.4. The molecule has 0 amide bonds. The summed E-state index contributed by atoms with van der Waals surface area (Å²) in [6.45, 7) is 0.247. The minimum atomic E-state index is -0.559. The molecule has 1 aliphatic rings. The quantitative estimate of drug-likeness (QED) is 0.867. The van der Waals surface area contributed by atoms with Gasteiger partial charge in [-0.05, 0) is 17.7 Å². The van der Waals surface area contributed by atoms with E-state index in [2.05, 4.69) is 4.98 Å². The van der Waals surface area contributed by atoms with Crippen LogP contribution in [0.2, 0.25) is 0 Å². The number of benzene rings is 1. The molecule has 0 unspecified atom stereocenters. The Morgan fingerprint density at radius 2 is 2.26 bits per heavy atom. The summed E-state index contributed by atoms with van der Waals surface area (Å²) in [5.74, 6) is 1.97. The van der Waals surface area contributed by atoms with Crippen LogP contribution >= 0.6 is 11.8 Å². The van der Waals surface area contributed by atoms with E-state index in [0.29, 0.717) is 11.5 Å². The van der Waals surface area contributed by atoms with E-state index in [-0.39, 0.29) is 6.79 Å². The molecule has 0 fully saturated rings. The fourth-order valence-electron chi connectivity index (χ4n) is 1.86. The minimum absolute atomic E-state index is 0.247. The number of ether oxygens (including phenoxy) is 2. The highest BCUT2D eigenvalue weighted by Gasteiger charge is 2.17. The van der Waals surface area contributed by atoms with Gasteiger partial charge in [-0.2, -0.15) is 0 Å². The Bertz CT molecular complexity index is 585. The molecule has 0 saturated heterocycles. The van der Waals surface area contributed by atoms with Crippen molar-refractivity contribution in [1.82, 2.24) is 9.55 Å². The summed E-state index contributed by atoms with van der Waals surface area (Å²) in [4.78, 5) is 4.21. The summed E-state index contributed by atoms with van der Waals surface area (Å²) in [7, 11) is 1.93. The van der Waals surface area contributed by atoms with Gasteiger partial charge in [0, 0.05) is 25.2 Å². The number of hydrogen-bond donors (Lipinski definition) is 1. The molecule has 1 aliphatic heterocycles. The Labute approximate surface area is 115 Å². The molecule has 0 radical (unpaired) electrons. The average molecular weight is 278 g/mol. The molecule has 1 aromatic heterocycles. The van der Waals surface area contributed by atoms with Gasteiger partial charge < -0.3 is 19.1 Å². The first-order valence-electron chi connectivity index (χ1n) is 5.92. The SMILES string of the molecule is Cn1ccnc1SC[C@H](O)c1ccc2c(c1)OCO2. The van der Waals surface area contributed by atoms with Gasteiger partial charge in [0.15, 0.2) is 16.7 Å².